The van der Waals surface area contributed by atoms with E-state index in [1.807, 2.05) is 32.9 Å². The molecule has 3 rings (SSSR count). The Labute approximate surface area is 183 Å². The minimum absolute atomic E-state index is 0. The van der Waals surface area contributed by atoms with E-state index in [4.69, 9.17) is 0 Å². The molecule has 31 heavy (non-hydrogen) atoms. The van der Waals surface area contributed by atoms with Crippen LogP contribution in [0, 0.1) is 6.92 Å². The van der Waals surface area contributed by atoms with Gasteiger partial charge in [0.1, 0.15) is 5.82 Å². The number of aliphatic imine (C=N–C) groups is 1. The topological polar surface area (TPSA) is 91.7 Å². The standard InChI is InChI=1S/C24H26N4O3.H2/c1-6-16(12-25-7-2)17-8-9-20(26-13-17)27-22(29)15(4)18-10-14(3)11-19-21(18)24(31)28(5)23(19)30;/h6,8-13,15H,7H2,1-5H3,(H,26,27,29);1H/b16-6+,25-12?;/t15-;/m0./s1. The van der Waals surface area contributed by atoms with Crippen LogP contribution in [-0.4, -0.2) is 47.4 Å². The van der Waals surface area contributed by atoms with E-state index in [1.54, 1.807) is 37.5 Å². The lowest BCUT2D eigenvalue weighted by atomic mass is 9.90. The molecule has 1 aromatic carbocycles. The third-order valence-electron chi connectivity index (χ3n) is 5.30. The summed E-state index contributed by atoms with van der Waals surface area (Å²) in [7, 11) is 1.45. The summed E-state index contributed by atoms with van der Waals surface area (Å²) >= 11 is 0. The molecule has 1 aliphatic rings. The maximum atomic E-state index is 12.9. The number of pyridine rings is 1. The predicted octanol–water partition coefficient (Wildman–Crippen LogP) is 4.10. The van der Waals surface area contributed by atoms with E-state index in [-0.39, 0.29) is 19.1 Å². The molecule has 0 aliphatic carbocycles. The molecule has 1 N–H and O–H groups in total. The Hall–Kier alpha value is -3.61. The molecule has 0 saturated heterocycles. The highest BCUT2D eigenvalue weighted by atomic mass is 16.2. The first-order valence-corrected chi connectivity index (χ1v) is 10.2. The van der Waals surface area contributed by atoms with Crippen molar-refractivity contribution in [2.75, 3.05) is 18.9 Å². The highest BCUT2D eigenvalue weighted by Crippen LogP contribution is 2.31. The summed E-state index contributed by atoms with van der Waals surface area (Å²) in [6.45, 7) is 8.15. The number of hydrogen-bond donors (Lipinski definition) is 1. The fourth-order valence-electron chi connectivity index (χ4n) is 3.52. The number of aryl methyl sites for hydroxylation is 1. The van der Waals surface area contributed by atoms with Gasteiger partial charge in [0.25, 0.3) is 11.8 Å². The van der Waals surface area contributed by atoms with E-state index in [0.717, 1.165) is 21.6 Å². The Kier molecular flexibility index (Phi) is 6.44. The number of carbonyl (C=O) groups excluding carboxylic acids is 3. The molecule has 0 radical (unpaired) electrons. The van der Waals surface area contributed by atoms with E-state index in [9.17, 15) is 14.4 Å². The molecule has 7 nitrogen and oxygen atoms in total. The molecule has 0 fully saturated rings. The number of benzene rings is 1. The van der Waals surface area contributed by atoms with E-state index in [1.165, 1.54) is 7.05 Å². The second-order valence-corrected chi connectivity index (χ2v) is 7.46. The molecule has 162 valence electrons. The number of aromatic nitrogens is 1. The molecule has 1 atom stereocenters. The van der Waals surface area contributed by atoms with Crippen molar-refractivity contribution in [2.24, 2.45) is 4.99 Å². The summed E-state index contributed by atoms with van der Waals surface area (Å²) < 4.78 is 0. The molecule has 2 aromatic rings. The van der Waals surface area contributed by atoms with Gasteiger partial charge >= 0.3 is 0 Å². The van der Waals surface area contributed by atoms with Gasteiger partial charge in [-0.2, -0.15) is 0 Å². The van der Waals surface area contributed by atoms with Gasteiger partial charge in [-0.3, -0.25) is 24.3 Å². The number of amides is 3. The summed E-state index contributed by atoms with van der Waals surface area (Å²) in [6.07, 6.45) is 5.42. The molecule has 1 aliphatic heterocycles. The van der Waals surface area contributed by atoms with Gasteiger partial charge in [-0.05, 0) is 62.6 Å². The number of hydrogen-bond acceptors (Lipinski definition) is 5. The van der Waals surface area contributed by atoms with Crippen LogP contribution in [-0.2, 0) is 4.79 Å². The third kappa shape index (κ3) is 4.30. The van der Waals surface area contributed by atoms with Gasteiger partial charge < -0.3 is 5.32 Å². The third-order valence-corrected chi connectivity index (χ3v) is 5.30. The van der Waals surface area contributed by atoms with Crippen LogP contribution in [0.25, 0.3) is 5.57 Å². The number of nitrogens with one attached hydrogen (secondary N) is 1. The average Bonchev–Trinajstić information content (AvgIpc) is 2.98. The van der Waals surface area contributed by atoms with Crippen molar-refractivity contribution >= 4 is 35.3 Å². The Morgan fingerprint density at radius 2 is 2.03 bits per heavy atom. The Balaban J connectivity index is 0.00000363. The zero-order valence-electron chi connectivity index (χ0n) is 18.4. The van der Waals surface area contributed by atoms with Crippen LogP contribution in [0.5, 0.6) is 0 Å². The number of allylic oxidation sites excluding steroid dienone is 2. The van der Waals surface area contributed by atoms with Crippen molar-refractivity contribution in [1.82, 2.24) is 9.88 Å². The van der Waals surface area contributed by atoms with Crippen molar-refractivity contribution in [2.45, 2.75) is 33.6 Å². The summed E-state index contributed by atoms with van der Waals surface area (Å²) in [5.74, 6) is -1.26. The van der Waals surface area contributed by atoms with Crippen molar-refractivity contribution in [1.29, 1.82) is 0 Å². The highest BCUT2D eigenvalue weighted by Gasteiger charge is 2.37. The first-order chi connectivity index (χ1) is 14.8. The SMILES string of the molecule is C/C=C(\C=NCC)c1ccc(NC(=O)[C@@H](C)c2cc(C)cc3c2C(=O)N(C)C3=O)nc1.[HH]. The predicted molar refractivity (Wildman–Crippen MR) is 124 cm³/mol. The van der Waals surface area contributed by atoms with Crippen LogP contribution in [0.2, 0.25) is 0 Å². The lowest BCUT2D eigenvalue weighted by molar-refractivity contribution is -0.117. The van der Waals surface area contributed by atoms with Gasteiger partial charge in [-0.15, -0.1) is 0 Å². The molecule has 2 heterocycles. The van der Waals surface area contributed by atoms with E-state index >= 15 is 0 Å². The summed E-state index contributed by atoms with van der Waals surface area (Å²) in [6, 6.07) is 7.07. The first kappa shape index (κ1) is 22.1. The Morgan fingerprint density at radius 3 is 2.65 bits per heavy atom. The van der Waals surface area contributed by atoms with Crippen LogP contribution >= 0.6 is 0 Å². The van der Waals surface area contributed by atoms with Crippen LogP contribution in [0.4, 0.5) is 5.82 Å². The van der Waals surface area contributed by atoms with Crippen LogP contribution in [0.1, 0.15) is 65.5 Å². The van der Waals surface area contributed by atoms with Gasteiger partial charge in [0, 0.05) is 33.0 Å². The molecule has 7 heteroatoms. The van der Waals surface area contributed by atoms with Crippen molar-refractivity contribution in [3.63, 3.8) is 0 Å². The fourth-order valence-corrected chi connectivity index (χ4v) is 3.52. The van der Waals surface area contributed by atoms with E-state index < -0.39 is 5.92 Å². The minimum atomic E-state index is -0.638. The smallest absolute Gasteiger partial charge is 0.261 e. The van der Waals surface area contributed by atoms with Crippen LogP contribution in [0.15, 0.2) is 41.5 Å². The number of imide groups is 1. The largest absolute Gasteiger partial charge is 0.310 e. The molecule has 1 aromatic heterocycles. The van der Waals surface area contributed by atoms with Gasteiger partial charge in [-0.25, -0.2) is 4.98 Å². The molecular weight excluding hydrogens is 392 g/mol. The van der Waals surface area contributed by atoms with Crippen molar-refractivity contribution < 1.29 is 15.8 Å². The van der Waals surface area contributed by atoms with Crippen LogP contribution < -0.4 is 5.32 Å². The molecule has 0 spiro atoms. The average molecular weight is 421 g/mol. The van der Waals surface area contributed by atoms with Gasteiger partial charge in [0.05, 0.1) is 17.0 Å². The first-order valence-electron chi connectivity index (χ1n) is 10.2. The quantitative estimate of drug-likeness (QED) is 0.563. The number of nitrogens with zero attached hydrogens (tertiary/aromatic N) is 3. The minimum Gasteiger partial charge on any atom is -0.310 e. The highest BCUT2D eigenvalue weighted by molar-refractivity contribution is 6.22. The second-order valence-electron chi connectivity index (χ2n) is 7.46. The zero-order valence-corrected chi connectivity index (χ0v) is 18.4. The van der Waals surface area contributed by atoms with Crippen LogP contribution in [0.3, 0.4) is 0 Å². The zero-order chi connectivity index (χ0) is 22.7. The van der Waals surface area contributed by atoms with Gasteiger partial charge in [0.2, 0.25) is 5.91 Å². The van der Waals surface area contributed by atoms with Gasteiger partial charge in [0.15, 0.2) is 0 Å². The number of rotatable bonds is 6. The van der Waals surface area contributed by atoms with Crippen molar-refractivity contribution in [3.8, 4) is 0 Å². The van der Waals surface area contributed by atoms with E-state index in [0.29, 0.717) is 29.1 Å². The number of carbonyl (C=O) groups is 3. The maximum absolute atomic E-state index is 12.9. The lowest BCUT2D eigenvalue weighted by Crippen LogP contribution is -2.25. The number of anilines is 1. The normalized spacial score (nSPS) is 14.9. The summed E-state index contributed by atoms with van der Waals surface area (Å²) in [4.78, 5) is 47.5. The van der Waals surface area contributed by atoms with E-state index in [2.05, 4.69) is 15.3 Å². The molecule has 0 bridgehead atoms. The van der Waals surface area contributed by atoms with Crippen molar-refractivity contribution in [3.05, 3.63) is 64.4 Å². The monoisotopic (exact) mass is 420 g/mol. The van der Waals surface area contributed by atoms with Gasteiger partial charge in [-0.1, -0.05) is 12.1 Å². The summed E-state index contributed by atoms with van der Waals surface area (Å²) in [5.41, 5.74) is 3.85. The number of fused-ring (bicyclic) bond motifs is 1. The Bertz CT molecular complexity index is 1110. The maximum Gasteiger partial charge on any atom is 0.261 e. The lowest BCUT2D eigenvalue weighted by Gasteiger charge is -2.16. The molecule has 0 saturated carbocycles. The molecule has 0 unspecified atom stereocenters. The fraction of sp³-hybridized carbons (Fsp3) is 0.292. The Morgan fingerprint density at radius 1 is 1.29 bits per heavy atom. The molecular formula is C24H28N4O3. The summed E-state index contributed by atoms with van der Waals surface area (Å²) in [5, 5.41) is 2.80. The molecule has 3 amide bonds. The second kappa shape index (κ2) is 9.04.